The van der Waals surface area contributed by atoms with Gasteiger partial charge in [-0.15, -0.1) is 6.58 Å². The number of nitrogens with zero attached hydrogens (tertiary/aromatic N) is 3. The first-order valence-corrected chi connectivity index (χ1v) is 10.0. The van der Waals surface area contributed by atoms with E-state index < -0.39 is 10.8 Å². The maximum absolute atomic E-state index is 12.3. The van der Waals surface area contributed by atoms with Crippen molar-refractivity contribution in [3.63, 3.8) is 0 Å². The second kappa shape index (κ2) is 8.77. The fourth-order valence-corrected chi connectivity index (χ4v) is 4.31. The minimum absolute atomic E-state index is 0.0301. The van der Waals surface area contributed by atoms with Gasteiger partial charge in [0.15, 0.2) is 4.80 Å². The van der Waals surface area contributed by atoms with Crippen molar-refractivity contribution in [1.29, 1.82) is 0 Å². The van der Waals surface area contributed by atoms with Gasteiger partial charge >= 0.3 is 5.00 Å². The second-order valence-corrected chi connectivity index (χ2v) is 7.67. The van der Waals surface area contributed by atoms with Gasteiger partial charge in [0.1, 0.15) is 5.75 Å². The first kappa shape index (κ1) is 19.7. The molecule has 0 fully saturated rings. The number of amides is 1. The minimum Gasteiger partial charge on any atom is -0.494 e. The summed E-state index contributed by atoms with van der Waals surface area (Å²) in [6.45, 7) is 6.78. The number of nitro groups is 1. The maximum atomic E-state index is 12.3. The summed E-state index contributed by atoms with van der Waals surface area (Å²) in [7, 11) is 0. The van der Waals surface area contributed by atoms with Crippen LogP contribution in [0.3, 0.4) is 0 Å². The van der Waals surface area contributed by atoms with Gasteiger partial charge in [0.05, 0.1) is 21.7 Å². The van der Waals surface area contributed by atoms with E-state index in [2.05, 4.69) is 11.6 Å². The largest absolute Gasteiger partial charge is 0.494 e. The Morgan fingerprint density at radius 2 is 2.18 bits per heavy atom. The number of hydrogen-bond acceptors (Lipinski definition) is 6. The SMILES string of the molecule is C=CCn1c(=NC(=O)C=Cc2ccc([N+](=O)[O-])s2)sc2cc(OCC)ccc21. The van der Waals surface area contributed by atoms with Gasteiger partial charge in [0.2, 0.25) is 0 Å². The third kappa shape index (κ3) is 4.44. The predicted octanol–water partition coefficient (Wildman–Crippen LogP) is 4.40. The molecule has 144 valence electrons. The summed E-state index contributed by atoms with van der Waals surface area (Å²) in [5.41, 5.74) is 0.942. The van der Waals surface area contributed by atoms with Gasteiger partial charge in [-0.05, 0) is 37.3 Å². The molecule has 3 rings (SSSR count). The van der Waals surface area contributed by atoms with Gasteiger partial charge in [-0.3, -0.25) is 14.9 Å². The molecular weight excluding hydrogens is 398 g/mol. The normalized spacial score (nSPS) is 12.0. The number of carbonyl (C=O) groups excluding carboxylic acids is 1. The van der Waals surface area contributed by atoms with Gasteiger partial charge in [-0.25, -0.2) is 0 Å². The van der Waals surface area contributed by atoms with Crippen LogP contribution in [-0.4, -0.2) is 22.0 Å². The molecule has 1 amide bonds. The third-order valence-electron chi connectivity index (χ3n) is 3.67. The molecule has 9 heteroatoms. The van der Waals surface area contributed by atoms with Crippen molar-refractivity contribution in [3.8, 4) is 5.75 Å². The average Bonchev–Trinajstić information content (AvgIpc) is 3.26. The highest BCUT2D eigenvalue weighted by molar-refractivity contribution is 7.16. The first-order chi connectivity index (χ1) is 13.5. The first-order valence-electron chi connectivity index (χ1n) is 8.40. The molecule has 0 saturated heterocycles. The quantitative estimate of drug-likeness (QED) is 0.248. The number of benzene rings is 1. The van der Waals surface area contributed by atoms with E-state index in [1.165, 1.54) is 29.6 Å². The zero-order valence-corrected chi connectivity index (χ0v) is 16.7. The Bertz CT molecular complexity index is 1140. The highest BCUT2D eigenvalue weighted by atomic mass is 32.1. The molecule has 0 N–H and O–H groups in total. The Kier molecular flexibility index (Phi) is 6.17. The van der Waals surface area contributed by atoms with Crippen LogP contribution >= 0.6 is 22.7 Å². The highest BCUT2D eigenvalue weighted by Gasteiger charge is 2.09. The molecule has 1 aromatic carbocycles. The molecule has 0 bridgehead atoms. The standard InChI is InChI=1S/C19H17N3O4S2/c1-3-11-21-15-8-5-13(26-4-2)12-16(15)28-19(21)20-17(23)9-6-14-7-10-18(27-14)22(24)25/h3,5-10,12H,1,4,11H2,2H3. The third-order valence-corrected chi connectivity index (χ3v) is 5.71. The van der Waals surface area contributed by atoms with E-state index in [1.807, 2.05) is 29.7 Å². The second-order valence-electron chi connectivity index (χ2n) is 5.56. The molecule has 0 saturated carbocycles. The van der Waals surface area contributed by atoms with Crippen LogP contribution in [0.25, 0.3) is 16.3 Å². The number of allylic oxidation sites excluding steroid dienone is 1. The van der Waals surface area contributed by atoms with Crippen molar-refractivity contribution in [2.75, 3.05) is 6.61 Å². The summed E-state index contributed by atoms with van der Waals surface area (Å²) in [5.74, 6) is 0.324. The molecule has 0 radical (unpaired) electrons. The van der Waals surface area contributed by atoms with E-state index in [0.29, 0.717) is 22.8 Å². The van der Waals surface area contributed by atoms with E-state index in [0.717, 1.165) is 27.3 Å². The van der Waals surface area contributed by atoms with Crippen molar-refractivity contribution >= 4 is 49.9 Å². The topological polar surface area (TPSA) is 86.7 Å². The molecular formula is C19H17N3O4S2. The number of thiazole rings is 1. The Balaban J connectivity index is 1.93. The Morgan fingerprint density at radius 1 is 1.36 bits per heavy atom. The Hall–Kier alpha value is -3.04. The van der Waals surface area contributed by atoms with Crippen LogP contribution in [0.2, 0.25) is 0 Å². The zero-order chi connectivity index (χ0) is 20.1. The van der Waals surface area contributed by atoms with E-state index in [9.17, 15) is 14.9 Å². The molecule has 0 aliphatic rings. The van der Waals surface area contributed by atoms with Crippen molar-refractivity contribution in [2.45, 2.75) is 13.5 Å². The molecule has 0 unspecified atom stereocenters. The van der Waals surface area contributed by atoms with E-state index in [1.54, 1.807) is 12.1 Å². The Labute approximate surface area is 168 Å². The fraction of sp³-hybridized carbons (Fsp3) is 0.158. The summed E-state index contributed by atoms with van der Waals surface area (Å²) in [4.78, 5) is 27.9. The summed E-state index contributed by atoms with van der Waals surface area (Å²) in [6.07, 6.45) is 4.58. The molecule has 0 atom stereocenters. The molecule has 2 aromatic heterocycles. The average molecular weight is 415 g/mol. The van der Waals surface area contributed by atoms with Crippen molar-refractivity contribution in [3.05, 3.63) is 68.9 Å². The number of carbonyl (C=O) groups is 1. The van der Waals surface area contributed by atoms with Crippen molar-refractivity contribution < 1.29 is 14.5 Å². The van der Waals surface area contributed by atoms with Crippen LogP contribution in [0.1, 0.15) is 11.8 Å². The molecule has 0 spiro atoms. The fourth-order valence-electron chi connectivity index (χ4n) is 2.52. The van der Waals surface area contributed by atoms with Crippen molar-refractivity contribution in [2.24, 2.45) is 4.99 Å². The van der Waals surface area contributed by atoms with Gasteiger partial charge in [0.25, 0.3) is 5.91 Å². The lowest BCUT2D eigenvalue weighted by Crippen LogP contribution is -2.15. The van der Waals surface area contributed by atoms with Crippen LogP contribution in [0.5, 0.6) is 5.75 Å². The van der Waals surface area contributed by atoms with Gasteiger partial charge in [-0.1, -0.05) is 28.7 Å². The van der Waals surface area contributed by atoms with Crippen LogP contribution in [0.15, 0.2) is 54.1 Å². The van der Waals surface area contributed by atoms with Crippen molar-refractivity contribution in [1.82, 2.24) is 4.57 Å². The lowest BCUT2D eigenvalue weighted by atomic mass is 10.3. The van der Waals surface area contributed by atoms with Gasteiger partial charge in [-0.2, -0.15) is 4.99 Å². The summed E-state index contributed by atoms with van der Waals surface area (Å²) < 4.78 is 8.40. The number of ether oxygens (including phenoxy) is 1. The monoisotopic (exact) mass is 415 g/mol. The van der Waals surface area contributed by atoms with E-state index in [4.69, 9.17) is 4.74 Å². The zero-order valence-electron chi connectivity index (χ0n) is 15.0. The van der Waals surface area contributed by atoms with Crippen LogP contribution in [0.4, 0.5) is 5.00 Å². The number of thiophene rings is 1. The highest BCUT2D eigenvalue weighted by Crippen LogP contribution is 2.25. The smallest absolute Gasteiger partial charge is 0.324 e. The Morgan fingerprint density at radius 3 is 2.86 bits per heavy atom. The number of rotatable bonds is 7. The molecule has 0 aliphatic carbocycles. The van der Waals surface area contributed by atoms with E-state index >= 15 is 0 Å². The number of hydrogen-bond donors (Lipinski definition) is 0. The van der Waals surface area contributed by atoms with Gasteiger partial charge < -0.3 is 9.30 Å². The summed E-state index contributed by atoms with van der Waals surface area (Å²) in [6, 6.07) is 8.75. The molecule has 3 aromatic rings. The van der Waals surface area contributed by atoms with E-state index in [-0.39, 0.29) is 5.00 Å². The predicted molar refractivity (Wildman–Crippen MR) is 112 cm³/mol. The minimum atomic E-state index is -0.458. The maximum Gasteiger partial charge on any atom is 0.324 e. The lowest BCUT2D eigenvalue weighted by Gasteiger charge is -2.03. The van der Waals surface area contributed by atoms with Gasteiger partial charge in [0, 0.05) is 23.6 Å². The number of fused-ring (bicyclic) bond motifs is 1. The lowest BCUT2D eigenvalue weighted by molar-refractivity contribution is -0.380. The molecule has 2 heterocycles. The summed E-state index contributed by atoms with van der Waals surface area (Å²) >= 11 is 2.39. The number of aromatic nitrogens is 1. The summed E-state index contributed by atoms with van der Waals surface area (Å²) in [5, 5.41) is 10.8. The molecule has 0 aliphatic heterocycles. The van der Waals surface area contributed by atoms with Crippen LogP contribution < -0.4 is 9.54 Å². The molecule has 7 nitrogen and oxygen atoms in total. The molecule has 28 heavy (non-hydrogen) atoms. The van der Waals surface area contributed by atoms with Crippen LogP contribution in [0, 0.1) is 10.1 Å². The van der Waals surface area contributed by atoms with Crippen LogP contribution in [-0.2, 0) is 11.3 Å².